The molecule has 6 rings (SSSR count). The number of pyridine rings is 3. The van der Waals surface area contributed by atoms with Gasteiger partial charge in [-0.25, -0.2) is 0 Å². The molecule has 5 nitrogen and oxygen atoms in total. The summed E-state index contributed by atoms with van der Waals surface area (Å²) in [5.74, 6) is 0. The fraction of sp³-hybridized carbons (Fsp3) is 0.559. The van der Waals surface area contributed by atoms with E-state index < -0.39 is 0 Å². The molecule has 0 saturated heterocycles. The second-order valence-electron chi connectivity index (χ2n) is 9.05. The van der Waals surface area contributed by atoms with E-state index in [0.717, 1.165) is 19.6 Å². The number of nitrogens with one attached hydrogen (secondary N) is 2. The Balaban J connectivity index is 0.000000267. The first kappa shape index (κ1) is 34.2. The highest BCUT2D eigenvalue weighted by Gasteiger charge is 2.07. The molecule has 0 unspecified atom stereocenters. The summed E-state index contributed by atoms with van der Waals surface area (Å²) in [6.45, 7) is 15.3. The van der Waals surface area contributed by atoms with Crippen molar-refractivity contribution in [1.82, 2.24) is 20.3 Å². The smallest absolute Gasteiger partial charge is 0.0403 e. The van der Waals surface area contributed by atoms with Gasteiger partial charge in [0.25, 0.3) is 0 Å². The van der Waals surface area contributed by atoms with Crippen LogP contribution < -0.4 is 10.6 Å². The fourth-order valence-electron chi connectivity index (χ4n) is 4.68. The lowest BCUT2D eigenvalue weighted by Gasteiger charge is -2.04. The van der Waals surface area contributed by atoms with Crippen LogP contribution in [-0.4, -0.2) is 28.0 Å². The number of hydrogen-bond donors (Lipinski definition) is 2. The predicted octanol–water partition coefficient (Wildman–Crippen LogP) is 8.38. The van der Waals surface area contributed by atoms with Crippen molar-refractivity contribution >= 4 is 5.69 Å². The molecule has 0 aromatic carbocycles. The zero-order chi connectivity index (χ0) is 28.6. The lowest BCUT2D eigenvalue weighted by molar-refractivity contribution is 0.681. The molecule has 2 N–H and O–H groups in total. The van der Waals surface area contributed by atoms with E-state index in [1.165, 1.54) is 97.7 Å². The van der Waals surface area contributed by atoms with Crippen LogP contribution in [0.15, 0.2) is 55.4 Å². The summed E-state index contributed by atoms with van der Waals surface area (Å²) in [6, 6.07) is 6.33. The van der Waals surface area contributed by atoms with Gasteiger partial charge < -0.3 is 10.6 Å². The Bertz CT molecular complexity index is 786. The topological polar surface area (TPSA) is 62.7 Å². The second kappa shape index (κ2) is 23.1. The van der Waals surface area contributed by atoms with Crippen LogP contribution in [-0.2, 0) is 32.2 Å². The van der Waals surface area contributed by atoms with E-state index in [0.29, 0.717) is 0 Å². The molecular formula is C34H55N5. The molecule has 0 amide bonds. The lowest BCUT2D eigenvalue weighted by atomic mass is 10.1. The SMILES string of the molecule is CC.CC.CC.c1cc2c(cn1)CCCCC2.c1cc2c(cn1)CCCCN2.c1cc2c(cn1)CCCNC2. The van der Waals surface area contributed by atoms with E-state index in [1.807, 2.05) is 78.7 Å². The van der Waals surface area contributed by atoms with Crippen molar-refractivity contribution in [2.75, 3.05) is 18.4 Å². The van der Waals surface area contributed by atoms with Crippen molar-refractivity contribution in [3.8, 4) is 0 Å². The first-order valence-electron chi connectivity index (χ1n) is 15.6. The molecule has 0 bridgehead atoms. The highest BCUT2D eigenvalue weighted by molar-refractivity contribution is 5.50. The van der Waals surface area contributed by atoms with Crippen LogP contribution in [0, 0.1) is 0 Å². The van der Waals surface area contributed by atoms with Crippen LogP contribution in [0.2, 0.25) is 0 Å². The van der Waals surface area contributed by atoms with Gasteiger partial charge in [0.05, 0.1) is 0 Å². The van der Waals surface area contributed by atoms with E-state index in [1.54, 1.807) is 0 Å². The maximum Gasteiger partial charge on any atom is 0.0403 e. The van der Waals surface area contributed by atoms with E-state index in [9.17, 15) is 0 Å². The van der Waals surface area contributed by atoms with Crippen LogP contribution in [0.1, 0.15) is 108 Å². The van der Waals surface area contributed by atoms with E-state index in [4.69, 9.17) is 0 Å². The summed E-state index contributed by atoms with van der Waals surface area (Å²) in [5.41, 5.74) is 8.47. The maximum absolute atomic E-state index is 4.14. The average Bonchev–Trinajstić information content (AvgIpc) is 3.53. The molecule has 0 spiro atoms. The molecule has 5 heterocycles. The van der Waals surface area contributed by atoms with Crippen molar-refractivity contribution < 1.29 is 0 Å². The van der Waals surface area contributed by atoms with Gasteiger partial charge in [0.1, 0.15) is 0 Å². The van der Waals surface area contributed by atoms with Gasteiger partial charge in [-0.1, -0.05) is 48.0 Å². The summed E-state index contributed by atoms with van der Waals surface area (Å²) >= 11 is 0. The van der Waals surface area contributed by atoms with Crippen LogP contribution in [0.4, 0.5) is 5.69 Å². The molecule has 0 radical (unpaired) electrons. The molecule has 1 aliphatic carbocycles. The number of aromatic nitrogens is 3. The predicted molar refractivity (Wildman–Crippen MR) is 169 cm³/mol. The first-order chi connectivity index (χ1) is 19.4. The molecule has 0 fully saturated rings. The molecule has 3 aromatic rings. The van der Waals surface area contributed by atoms with Crippen molar-refractivity contribution in [2.45, 2.75) is 112 Å². The Morgan fingerprint density at radius 1 is 0.487 bits per heavy atom. The molecule has 0 atom stereocenters. The number of nitrogens with zero attached hydrogens (tertiary/aromatic N) is 3. The Morgan fingerprint density at radius 3 is 1.72 bits per heavy atom. The summed E-state index contributed by atoms with van der Waals surface area (Å²) in [4.78, 5) is 12.4. The fourth-order valence-corrected chi connectivity index (χ4v) is 4.68. The van der Waals surface area contributed by atoms with Gasteiger partial charge in [-0.3, -0.25) is 15.0 Å². The van der Waals surface area contributed by atoms with Gasteiger partial charge >= 0.3 is 0 Å². The second-order valence-corrected chi connectivity index (χ2v) is 9.05. The Kier molecular flexibility index (Phi) is 20.3. The molecule has 0 saturated carbocycles. The van der Waals surface area contributed by atoms with Crippen molar-refractivity contribution in [1.29, 1.82) is 0 Å². The quantitative estimate of drug-likeness (QED) is 0.284. The van der Waals surface area contributed by atoms with E-state index in [2.05, 4.69) is 43.8 Å². The summed E-state index contributed by atoms with van der Waals surface area (Å²) < 4.78 is 0. The average molecular weight is 534 g/mol. The third-order valence-corrected chi connectivity index (χ3v) is 6.61. The molecular weight excluding hydrogens is 478 g/mol. The molecule has 216 valence electrons. The summed E-state index contributed by atoms with van der Waals surface area (Å²) in [5, 5.41) is 6.76. The number of rotatable bonds is 0. The maximum atomic E-state index is 4.14. The van der Waals surface area contributed by atoms with Crippen molar-refractivity contribution in [3.05, 3.63) is 83.2 Å². The number of fused-ring (bicyclic) bond motifs is 3. The highest BCUT2D eigenvalue weighted by Crippen LogP contribution is 2.19. The minimum Gasteiger partial charge on any atom is -0.385 e. The van der Waals surface area contributed by atoms with Gasteiger partial charge in [-0.15, -0.1) is 0 Å². The van der Waals surface area contributed by atoms with Gasteiger partial charge in [-0.05, 0) is 110 Å². The lowest BCUT2D eigenvalue weighted by Crippen LogP contribution is -2.11. The monoisotopic (exact) mass is 533 g/mol. The summed E-state index contributed by atoms with van der Waals surface area (Å²) in [7, 11) is 0. The van der Waals surface area contributed by atoms with E-state index >= 15 is 0 Å². The first-order valence-corrected chi connectivity index (χ1v) is 15.6. The zero-order valence-electron chi connectivity index (χ0n) is 25.7. The molecule has 2 aliphatic heterocycles. The molecule has 3 aromatic heterocycles. The third-order valence-electron chi connectivity index (χ3n) is 6.61. The summed E-state index contributed by atoms with van der Waals surface area (Å²) in [6.07, 6.45) is 24.3. The minimum atomic E-state index is 1.01. The number of hydrogen-bond acceptors (Lipinski definition) is 5. The Hall–Kier alpha value is -2.79. The van der Waals surface area contributed by atoms with Gasteiger partial charge in [0.2, 0.25) is 0 Å². The van der Waals surface area contributed by atoms with Gasteiger partial charge in [0, 0.05) is 56.0 Å². The standard InChI is InChI=1S/C10H13N.2C9H12N2.3C2H6/c1-2-4-9-6-7-11-8-10(9)5-3-1;1-2-8-6-11-5-3-9(8)7-10-4-1;1-2-5-11-9-4-6-10-7-8(9)3-1;3*1-2/h6-8H,1-5H2;3,5-6,10H,1-2,4,7H2;4,6-7,11H,1-3,5H2;3*1-2H3. The normalized spacial score (nSPS) is 14.7. The zero-order valence-corrected chi connectivity index (χ0v) is 25.7. The van der Waals surface area contributed by atoms with Gasteiger partial charge in [-0.2, -0.15) is 0 Å². The largest absolute Gasteiger partial charge is 0.385 e. The Morgan fingerprint density at radius 2 is 1.00 bits per heavy atom. The number of aryl methyl sites for hydroxylation is 4. The number of anilines is 1. The van der Waals surface area contributed by atoms with Crippen molar-refractivity contribution in [2.24, 2.45) is 0 Å². The molecule has 3 aliphatic rings. The minimum absolute atomic E-state index is 1.01. The van der Waals surface area contributed by atoms with Crippen LogP contribution in [0.25, 0.3) is 0 Å². The highest BCUT2D eigenvalue weighted by atomic mass is 14.9. The van der Waals surface area contributed by atoms with Crippen LogP contribution in [0.3, 0.4) is 0 Å². The van der Waals surface area contributed by atoms with Crippen LogP contribution in [0.5, 0.6) is 0 Å². The molecule has 5 heteroatoms. The Labute approximate surface area is 239 Å². The van der Waals surface area contributed by atoms with Crippen molar-refractivity contribution in [3.63, 3.8) is 0 Å². The third kappa shape index (κ3) is 13.2. The van der Waals surface area contributed by atoms with E-state index in [-0.39, 0.29) is 0 Å². The molecule has 39 heavy (non-hydrogen) atoms. The van der Waals surface area contributed by atoms with Gasteiger partial charge in [0.15, 0.2) is 0 Å². The van der Waals surface area contributed by atoms with Crippen LogP contribution >= 0.6 is 0 Å².